The molecule has 8 heteroatoms. The van der Waals surface area contributed by atoms with Crippen LogP contribution in [-0.4, -0.2) is 43.9 Å². The van der Waals surface area contributed by atoms with Crippen molar-refractivity contribution in [3.05, 3.63) is 65.1 Å². The molecule has 1 aliphatic rings. The second-order valence-electron chi connectivity index (χ2n) is 7.20. The van der Waals surface area contributed by atoms with E-state index in [2.05, 4.69) is 20.6 Å². The van der Waals surface area contributed by atoms with Crippen molar-refractivity contribution >= 4 is 23.3 Å². The maximum Gasteiger partial charge on any atom is 0.255 e. The first kappa shape index (κ1) is 19.4. The molecule has 0 saturated carbocycles. The second-order valence-corrected chi connectivity index (χ2v) is 7.60. The Hall–Kier alpha value is -2.93. The molecule has 1 amide bonds. The zero-order valence-corrected chi connectivity index (χ0v) is 17.0. The molecule has 1 atom stereocenters. The standard InChI is InChI=1S/C21H23ClN6O/c1-15(19-14-28(26-25-19)17-8-4-2-5-9-17)24-20-18(22)12-16(13-23-20)21(29)27-10-6-3-7-11-27/h2,4-5,8-9,12-15H,3,6-7,10-11H2,1H3,(H,23,24). The molecule has 29 heavy (non-hydrogen) atoms. The highest BCUT2D eigenvalue weighted by Crippen LogP contribution is 2.25. The molecule has 1 N–H and O–H groups in total. The third-order valence-electron chi connectivity index (χ3n) is 5.06. The Morgan fingerprint density at radius 3 is 2.66 bits per heavy atom. The first-order valence-electron chi connectivity index (χ1n) is 9.81. The smallest absolute Gasteiger partial charge is 0.255 e. The van der Waals surface area contributed by atoms with Gasteiger partial charge in [0, 0.05) is 19.3 Å². The number of carbonyl (C=O) groups excluding carboxylic acids is 1. The summed E-state index contributed by atoms with van der Waals surface area (Å²) in [5.74, 6) is 0.508. The van der Waals surface area contributed by atoms with Crippen LogP contribution in [0.4, 0.5) is 5.82 Å². The number of likely N-dealkylation sites (tertiary alicyclic amines) is 1. The van der Waals surface area contributed by atoms with Crippen molar-refractivity contribution in [3.8, 4) is 5.69 Å². The van der Waals surface area contributed by atoms with Gasteiger partial charge in [-0.3, -0.25) is 4.79 Å². The fourth-order valence-corrected chi connectivity index (χ4v) is 3.62. The van der Waals surface area contributed by atoms with E-state index in [4.69, 9.17) is 11.6 Å². The fourth-order valence-electron chi connectivity index (χ4n) is 3.40. The monoisotopic (exact) mass is 410 g/mol. The van der Waals surface area contributed by atoms with Crippen LogP contribution in [0, 0.1) is 0 Å². The Kier molecular flexibility index (Phi) is 5.76. The number of rotatable bonds is 5. The largest absolute Gasteiger partial charge is 0.361 e. The topological polar surface area (TPSA) is 75.9 Å². The molecule has 1 saturated heterocycles. The second kappa shape index (κ2) is 8.61. The molecule has 1 aliphatic heterocycles. The number of nitrogens with zero attached hydrogens (tertiary/aromatic N) is 5. The fraction of sp³-hybridized carbons (Fsp3) is 0.333. The predicted octanol–water partition coefficient (Wildman–Crippen LogP) is 4.11. The van der Waals surface area contributed by atoms with Gasteiger partial charge in [-0.15, -0.1) is 5.10 Å². The molecule has 3 heterocycles. The highest BCUT2D eigenvalue weighted by Gasteiger charge is 2.20. The van der Waals surface area contributed by atoms with E-state index in [0.29, 0.717) is 16.4 Å². The Bertz CT molecular complexity index is 984. The van der Waals surface area contributed by atoms with Crippen molar-refractivity contribution in [1.29, 1.82) is 0 Å². The van der Waals surface area contributed by atoms with E-state index < -0.39 is 0 Å². The molecule has 150 valence electrons. The van der Waals surface area contributed by atoms with Crippen LogP contribution in [0.5, 0.6) is 0 Å². The summed E-state index contributed by atoms with van der Waals surface area (Å²) in [5.41, 5.74) is 2.22. The molecule has 1 unspecified atom stereocenters. The van der Waals surface area contributed by atoms with Crippen LogP contribution in [0.3, 0.4) is 0 Å². The molecule has 3 aromatic rings. The zero-order chi connectivity index (χ0) is 20.2. The molecule has 0 radical (unpaired) electrons. The van der Waals surface area contributed by atoms with Crippen LogP contribution >= 0.6 is 11.6 Å². The van der Waals surface area contributed by atoms with E-state index in [0.717, 1.165) is 37.3 Å². The van der Waals surface area contributed by atoms with E-state index in [1.54, 1.807) is 16.9 Å². The summed E-state index contributed by atoms with van der Waals surface area (Å²) in [4.78, 5) is 18.9. The number of anilines is 1. The molecule has 1 fully saturated rings. The first-order valence-corrected chi connectivity index (χ1v) is 10.2. The summed E-state index contributed by atoms with van der Waals surface area (Å²) < 4.78 is 1.73. The zero-order valence-electron chi connectivity index (χ0n) is 16.3. The summed E-state index contributed by atoms with van der Waals surface area (Å²) in [7, 11) is 0. The van der Waals surface area contributed by atoms with Crippen molar-refractivity contribution in [3.63, 3.8) is 0 Å². The number of amides is 1. The van der Waals surface area contributed by atoms with Gasteiger partial charge in [0.05, 0.1) is 28.5 Å². The average Bonchev–Trinajstić information content (AvgIpc) is 3.26. The minimum Gasteiger partial charge on any atom is -0.361 e. The third kappa shape index (κ3) is 4.40. The van der Waals surface area contributed by atoms with E-state index in [9.17, 15) is 4.79 Å². The summed E-state index contributed by atoms with van der Waals surface area (Å²) >= 11 is 6.41. The normalized spacial score (nSPS) is 15.2. The SMILES string of the molecule is CC(Nc1ncc(C(=O)N2CCCCC2)cc1Cl)c1cn(-c2ccccc2)nn1. The lowest BCUT2D eigenvalue weighted by Gasteiger charge is -2.26. The maximum atomic E-state index is 12.6. The molecule has 0 aliphatic carbocycles. The van der Waals surface area contributed by atoms with Gasteiger partial charge in [-0.25, -0.2) is 9.67 Å². The summed E-state index contributed by atoms with van der Waals surface area (Å²) in [5, 5.41) is 12.1. The minimum absolute atomic E-state index is 0.00972. The molecule has 0 spiro atoms. The van der Waals surface area contributed by atoms with Crippen molar-refractivity contribution in [2.45, 2.75) is 32.2 Å². The van der Waals surface area contributed by atoms with Crippen LogP contribution in [0.2, 0.25) is 5.02 Å². The van der Waals surface area contributed by atoms with E-state index >= 15 is 0 Å². The Balaban J connectivity index is 1.45. The lowest BCUT2D eigenvalue weighted by atomic mass is 10.1. The molecule has 4 rings (SSSR count). The van der Waals surface area contributed by atoms with E-state index in [1.807, 2.05) is 48.4 Å². The molecule has 2 aromatic heterocycles. The van der Waals surface area contributed by atoms with Gasteiger partial charge in [-0.2, -0.15) is 0 Å². The van der Waals surface area contributed by atoms with Gasteiger partial charge in [0.2, 0.25) is 0 Å². The number of carbonyl (C=O) groups is 1. The minimum atomic E-state index is -0.152. The highest BCUT2D eigenvalue weighted by molar-refractivity contribution is 6.33. The van der Waals surface area contributed by atoms with E-state index in [1.165, 1.54) is 6.42 Å². The lowest BCUT2D eigenvalue weighted by Crippen LogP contribution is -2.35. The van der Waals surface area contributed by atoms with Crippen LogP contribution in [0.25, 0.3) is 5.69 Å². The van der Waals surface area contributed by atoms with Gasteiger partial charge in [-0.05, 0) is 44.4 Å². The number of aromatic nitrogens is 4. The van der Waals surface area contributed by atoms with Crippen LogP contribution < -0.4 is 5.32 Å². The van der Waals surface area contributed by atoms with Crippen molar-refractivity contribution < 1.29 is 4.79 Å². The van der Waals surface area contributed by atoms with Gasteiger partial charge >= 0.3 is 0 Å². The molecular formula is C21H23ClN6O. The predicted molar refractivity (Wildman–Crippen MR) is 112 cm³/mol. The number of benzene rings is 1. The summed E-state index contributed by atoms with van der Waals surface area (Å²) in [6.07, 6.45) is 6.73. The van der Waals surface area contributed by atoms with Crippen LogP contribution in [0.15, 0.2) is 48.8 Å². The number of piperidine rings is 1. The summed E-state index contributed by atoms with van der Waals surface area (Å²) in [6.45, 7) is 3.55. The Morgan fingerprint density at radius 1 is 1.17 bits per heavy atom. The lowest BCUT2D eigenvalue weighted by molar-refractivity contribution is 0.0724. The third-order valence-corrected chi connectivity index (χ3v) is 5.35. The Morgan fingerprint density at radius 2 is 1.93 bits per heavy atom. The van der Waals surface area contributed by atoms with Gasteiger partial charge in [-0.1, -0.05) is 35.0 Å². The number of hydrogen-bond acceptors (Lipinski definition) is 5. The maximum absolute atomic E-state index is 12.6. The van der Waals surface area contributed by atoms with Gasteiger partial charge < -0.3 is 10.2 Å². The molecule has 0 bridgehead atoms. The molecular weight excluding hydrogens is 388 g/mol. The van der Waals surface area contributed by atoms with Gasteiger partial charge in [0.1, 0.15) is 11.5 Å². The average molecular weight is 411 g/mol. The van der Waals surface area contributed by atoms with Gasteiger partial charge in [0.25, 0.3) is 5.91 Å². The number of pyridine rings is 1. The van der Waals surface area contributed by atoms with Crippen LogP contribution in [0.1, 0.15) is 48.3 Å². The number of para-hydroxylation sites is 1. The van der Waals surface area contributed by atoms with Gasteiger partial charge in [0.15, 0.2) is 0 Å². The van der Waals surface area contributed by atoms with Crippen LogP contribution in [-0.2, 0) is 0 Å². The Labute approximate surface area is 174 Å². The molecule has 1 aromatic carbocycles. The number of hydrogen-bond donors (Lipinski definition) is 1. The highest BCUT2D eigenvalue weighted by atomic mass is 35.5. The molecule has 7 nitrogen and oxygen atoms in total. The van der Waals surface area contributed by atoms with Crippen molar-refractivity contribution in [1.82, 2.24) is 24.9 Å². The van der Waals surface area contributed by atoms with E-state index in [-0.39, 0.29) is 11.9 Å². The quantitative estimate of drug-likeness (QED) is 0.684. The number of halogens is 1. The van der Waals surface area contributed by atoms with Crippen molar-refractivity contribution in [2.75, 3.05) is 18.4 Å². The number of nitrogens with one attached hydrogen (secondary N) is 1. The van der Waals surface area contributed by atoms with Crippen molar-refractivity contribution in [2.24, 2.45) is 0 Å². The summed E-state index contributed by atoms with van der Waals surface area (Å²) in [6, 6.07) is 11.3. The first-order chi connectivity index (χ1) is 14.1.